The summed E-state index contributed by atoms with van der Waals surface area (Å²) >= 11 is 5.86. The fraction of sp³-hybridized carbons (Fsp3) is 0.167. The Labute approximate surface area is 160 Å². The molecule has 2 aromatic rings. The van der Waals surface area contributed by atoms with E-state index in [0.717, 1.165) is 5.56 Å². The van der Waals surface area contributed by atoms with Gasteiger partial charge in [-0.3, -0.25) is 19.7 Å². The predicted octanol–water partition coefficient (Wildman–Crippen LogP) is 3.43. The minimum Gasteiger partial charge on any atom is -0.326 e. The van der Waals surface area contributed by atoms with Crippen molar-refractivity contribution in [3.8, 4) is 0 Å². The molecule has 0 bridgehead atoms. The highest BCUT2D eigenvalue weighted by atomic mass is 35.5. The van der Waals surface area contributed by atoms with Crippen LogP contribution in [0.4, 0.5) is 11.4 Å². The van der Waals surface area contributed by atoms with E-state index >= 15 is 0 Å². The number of rotatable bonds is 7. The van der Waals surface area contributed by atoms with Gasteiger partial charge in [0.2, 0.25) is 11.8 Å². The first-order valence-corrected chi connectivity index (χ1v) is 8.35. The molecule has 0 aliphatic heterocycles. The zero-order valence-corrected chi connectivity index (χ0v) is 15.2. The quantitative estimate of drug-likeness (QED) is 0.429. The SMILES string of the molecule is Cc1cc(Cl)ccc1NC(=O)CCC(=O)N/N=C\c1cccc([N+](=O)[O-])c1. The monoisotopic (exact) mass is 388 g/mol. The molecule has 0 unspecified atom stereocenters. The van der Waals surface area contributed by atoms with Gasteiger partial charge in [0.25, 0.3) is 5.69 Å². The van der Waals surface area contributed by atoms with Crippen molar-refractivity contribution >= 4 is 41.0 Å². The number of hydrogen-bond donors (Lipinski definition) is 2. The summed E-state index contributed by atoms with van der Waals surface area (Å²) in [5.74, 6) is -0.752. The van der Waals surface area contributed by atoms with E-state index in [1.165, 1.54) is 24.4 Å². The summed E-state index contributed by atoms with van der Waals surface area (Å²) in [5.41, 5.74) is 4.14. The molecule has 0 aliphatic rings. The van der Waals surface area contributed by atoms with E-state index in [4.69, 9.17) is 11.6 Å². The van der Waals surface area contributed by atoms with E-state index in [2.05, 4.69) is 15.8 Å². The highest BCUT2D eigenvalue weighted by Gasteiger charge is 2.09. The standard InChI is InChI=1S/C18H17ClN4O4/c1-12-9-14(19)5-6-16(12)21-17(24)7-8-18(25)22-20-11-13-3-2-4-15(10-13)23(26)27/h2-6,9-11H,7-8H2,1H3,(H,21,24)(H,22,25)/b20-11-. The van der Waals surface area contributed by atoms with Gasteiger partial charge < -0.3 is 5.32 Å². The fourth-order valence-corrected chi connectivity index (χ4v) is 2.39. The van der Waals surface area contributed by atoms with Crippen LogP contribution in [0.1, 0.15) is 24.0 Å². The summed E-state index contributed by atoms with van der Waals surface area (Å²) in [6.07, 6.45) is 1.23. The van der Waals surface area contributed by atoms with Crippen LogP contribution in [0.3, 0.4) is 0 Å². The van der Waals surface area contributed by atoms with Crippen LogP contribution in [-0.2, 0) is 9.59 Å². The van der Waals surface area contributed by atoms with E-state index < -0.39 is 10.8 Å². The molecule has 2 amide bonds. The summed E-state index contributed by atoms with van der Waals surface area (Å²) in [5, 5.41) is 17.7. The lowest BCUT2D eigenvalue weighted by Gasteiger charge is -2.08. The van der Waals surface area contributed by atoms with Crippen LogP contribution in [0.15, 0.2) is 47.6 Å². The third-order valence-corrected chi connectivity index (χ3v) is 3.76. The predicted molar refractivity (Wildman–Crippen MR) is 103 cm³/mol. The van der Waals surface area contributed by atoms with Crippen molar-refractivity contribution in [1.82, 2.24) is 5.43 Å². The zero-order valence-electron chi connectivity index (χ0n) is 14.4. The first-order chi connectivity index (χ1) is 12.8. The molecule has 0 atom stereocenters. The topological polar surface area (TPSA) is 114 Å². The molecule has 0 spiro atoms. The smallest absolute Gasteiger partial charge is 0.270 e. The Morgan fingerprint density at radius 1 is 1.19 bits per heavy atom. The molecule has 0 saturated carbocycles. The van der Waals surface area contributed by atoms with E-state index in [-0.39, 0.29) is 24.4 Å². The number of nitrogens with zero attached hydrogens (tertiary/aromatic N) is 2. The largest absolute Gasteiger partial charge is 0.326 e. The number of nitro benzene ring substituents is 1. The Hall–Kier alpha value is -3.26. The second-order valence-corrected chi connectivity index (χ2v) is 6.09. The molecular weight excluding hydrogens is 372 g/mol. The van der Waals surface area contributed by atoms with E-state index in [0.29, 0.717) is 16.3 Å². The molecule has 0 radical (unpaired) electrons. The first-order valence-electron chi connectivity index (χ1n) is 7.97. The van der Waals surface area contributed by atoms with Crippen LogP contribution in [-0.4, -0.2) is 23.0 Å². The molecule has 2 rings (SSSR count). The average molecular weight is 389 g/mol. The number of nitro groups is 1. The molecule has 0 aromatic heterocycles. The number of amides is 2. The molecule has 2 aromatic carbocycles. The van der Waals surface area contributed by atoms with Gasteiger partial charge in [-0.05, 0) is 30.7 Å². The first kappa shape index (κ1) is 20.1. The number of hydrazone groups is 1. The van der Waals surface area contributed by atoms with E-state index in [1.54, 1.807) is 24.3 Å². The molecule has 0 aliphatic carbocycles. The Bertz CT molecular complexity index is 899. The van der Waals surface area contributed by atoms with Gasteiger partial charge in [-0.15, -0.1) is 0 Å². The summed E-state index contributed by atoms with van der Waals surface area (Å²) in [6.45, 7) is 1.82. The van der Waals surface area contributed by atoms with Gasteiger partial charge in [-0.25, -0.2) is 5.43 Å². The number of hydrogen-bond acceptors (Lipinski definition) is 5. The van der Waals surface area contributed by atoms with Crippen LogP contribution in [0.5, 0.6) is 0 Å². The summed E-state index contributed by atoms with van der Waals surface area (Å²) < 4.78 is 0. The minimum absolute atomic E-state index is 0.0137. The Morgan fingerprint density at radius 3 is 2.63 bits per heavy atom. The van der Waals surface area contributed by atoms with Crippen molar-refractivity contribution in [2.45, 2.75) is 19.8 Å². The molecule has 2 N–H and O–H groups in total. The van der Waals surface area contributed by atoms with Crippen molar-refractivity contribution in [2.75, 3.05) is 5.32 Å². The Balaban J connectivity index is 1.79. The van der Waals surface area contributed by atoms with Crippen molar-refractivity contribution in [3.05, 3.63) is 68.7 Å². The van der Waals surface area contributed by atoms with Gasteiger partial charge in [0, 0.05) is 41.2 Å². The summed E-state index contributed by atoms with van der Waals surface area (Å²) in [7, 11) is 0. The number of carbonyl (C=O) groups excluding carboxylic acids is 2. The van der Waals surface area contributed by atoms with Gasteiger partial charge in [0.1, 0.15) is 0 Å². The molecule has 8 nitrogen and oxygen atoms in total. The Morgan fingerprint density at radius 2 is 1.93 bits per heavy atom. The minimum atomic E-state index is -0.517. The fourth-order valence-electron chi connectivity index (χ4n) is 2.16. The van der Waals surface area contributed by atoms with Crippen LogP contribution in [0.2, 0.25) is 5.02 Å². The van der Waals surface area contributed by atoms with Crippen molar-refractivity contribution in [2.24, 2.45) is 5.10 Å². The van der Waals surface area contributed by atoms with Crippen molar-refractivity contribution < 1.29 is 14.5 Å². The number of benzene rings is 2. The van der Waals surface area contributed by atoms with Crippen LogP contribution < -0.4 is 10.7 Å². The number of carbonyl (C=O) groups is 2. The maximum atomic E-state index is 11.9. The zero-order chi connectivity index (χ0) is 19.8. The lowest BCUT2D eigenvalue weighted by Crippen LogP contribution is -2.20. The van der Waals surface area contributed by atoms with Gasteiger partial charge in [0.05, 0.1) is 11.1 Å². The number of aryl methyl sites for hydroxylation is 1. The number of non-ortho nitro benzene ring substituents is 1. The van der Waals surface area contributed by atoms with Crippen LogP contribution >= 0.6 is 11.6 Å². The van der Waals surface area contributed by atoms with Crippen molar-refractivity contribution in [3.63, 3.8) is 0 Å². The molecule has 0 heterocycles. The molecule has 0 fully saturated rings. The average Bonchev–Trinajstić information content (AvgIpc) is 2.62. The maximum absolute atomic E-state index is 11.9. The molecular formula is C18H17ClN4O4. The van der Waals surface area contributed by atoms with Crippen LogP contribution in [0, 0.1) is 17.0 Å². The van der Waals surface area contributed by atoms with Gasteiger partial charge in [0.15, 0.2) is 0 Å². The lowest BCUT2D eigenvalue weighted by atomic mass is 10.2. The maximum Gasteiger partial charge on any atom is 0.270 e. The number of halogens is 1. The molecule has 140 valence electrons. The molecule has 0 saturated heterocycles. The molecule has 27 heavy (non-hydrogen) atoms. The second kappa shape index (κ2) is 9.44. The van der Waals surface area contributed by atoms with Crippen molar-refractivity contribution in [1.29, 1.82) is 0 Å². The molecule has 9 heteroatoms. The lowest BCUT2D eigenvalue weighted by molar-refractivity contribution is -0.384. The normalized spacial score (nSPS) is 10.6. The third kappa shape index (κ3) is 6.52. The third-order valence-electron chi connectivity index (χ3n) is 3.53. The summed E-state index contributed by atoms with van der Waals surface area (Å²) in [6, 6.07) is 10.9. The summed E-state index contributed by atoms with van der Waals surface area (Å²) in [4.78, 5) is 33.9. The van der Waals surface area contributed by atoms with Gasteiger partial charge in [-0.1, -0.05) is 23.7 Å². The Kier molecular flexibility index (Phi) is 7.01. The second-order valence-electron chi connectivity index (χ2n) is 5.65. The highest BCUT2D eigenvalue weighted by molar-refractivity contribution is 6.30. The van der Waals surface area contributed by atoms with Gasteiger partial charge in [-0.2, -0.15) is 5.10 Å². The highest BCUT2D eigenvalue weighted by Crippen LogP contribution is 2.19. The van der Waals surface area contributed by atoms with Gasteiger partial charge >= 0.3 is 0 Å². The van der Waals surface area contributed by atoms with E-state index in [1.807, 2.05) is 6.92 Å². The number of nitrogens with one attached hydrogen (secondary N) is 2. The number of anilines is 1. The van der Waals surface area contributed by atoms with Crippen LogP contribution in [0.25, 0.3) is 0 Å². The van der Waals surface area contributed by atoms with E-state index in [9.17, 15) is 19.7 Å².